The summed E-state index contributed by atoms with van der Waals surface area (Å²) in [7, 11) is 1.43. The van der Waals surface area contributed by atoms with Gasteiger partial charge in [0.1, 0.15) is 23.9 Å². The lowest BCUT2D eigenvalue weighted by Gasteiger charge is -2.29. The Morgan fingerprint density at radius 3 is 2.51 bits per heavy atom. The van der Waals surface area contributed by atoms with E-state index in [4.69, 9.17) is 16.0 Å². The molecule has 1 fully saturated rings. The molecular formula is C24H22ClF4N5O3. The summed E-state index contributed by atoms with van der Waals surface area (Å²) in [4.78, 5) is 37.3. The van der Waals surface area contributed by atoms with Gasteiger partial charge in [0.15, 0.2) is 0 Å². The number of halogens is 5. The Hall–Kier alpha value is -3.67. The standard InChI is InChI=1S/C24H22ClF4N5O3/c1-12-6-15(24(27,28)29)8-20(30-12)34-10-14(21(35)32-23-31-13(2)11-37-23)7-19(34)22(36)33(3)16-4-5-18(26)17(25)9-16/h4-6,8-9,11,14,19H,7,10H2,1-3H3,(H,31,32,35)/t14-,19-/m0/s1. The minimum Gasteiger partial charge on any atom is -0.432 e. The molecule has 1 aliphatic heterocycles. The fourth-order valence-electron chi connectivity index (χ4n) is 4.14. The van der Waals surface area contributed by atoms with Crippen LogP contribution in [0, 0.1) is 25.6 Å². The smallest absolute Gasteiger partial charge is 0.416 e. The van der Waals surface area contributed by atoms with E-state index in [2.05, 4.69) is 15.3 Å². The van der Waals surface area contributed by atoms with E-state index in [1.54, 1.807) is 6.92 Å². The molecule has 0 radical (unpaired) electrons. The van der Waals surface area contributed by atoms with E-state index in [1.165, 1.54) is 42.2 Å². The van der Waals surface area contributed by atoms with Gasteiger partial charge in [-0.25, -0.2) is 9.37 Å². The second kappa shape index (κ2) is 10.0. The van der Waals surface area contributed by atoms with E-state index in [-0.39, 0.29) is 41.2 Å². The molecule has 13 heteroatoms. The van der Waals surface area contributed by atoms with Crippen molar-refractivity contribution in [2.75, 3.05) is 28.7 Å². The Morgan fingerprint density at radius 2 is 1.89 bits per heavy atom. The van der Waals surface area contributed by atoms with Crippen LogP contribution < -0.4 is 15.1 Å². The molecule has 0 aliphatic carbocycles. The van der Waals surface area contributed by atoms with Crippen molar-refractivity contribution in [2.24, 2.45) is 5.92 Å². The number of amides is 2. The molecule has 196 valence electrons. The highest BCUT2D eigenvalue weighted by molar-refractivity contribution is 6.31. The third-order valence-electron chi connectivity index (χ3n) is 5.99. The number of benzene rings is 1. The van der Waals surface area contributed by atoms with Gasteiger partial charge in [0, 0.05) is 25.0 Å². The molecule has 1 saturated heterocycles. The molecule has 4 rings (SSSR count). The maximum Gasteiger partial charge on any atom is 0.416 e. The van der Waals surface area contributed by atoms with Gasteiger partial charge in [0.05, 0.1) is 22.2 Å². The Balaban J connectivity index is 1.68. The number of rotatable bonds is 5. The van der Waals surface area contributed by atoms with Gasteiger partial charge in [-0.05, 0) is 50.6 Å². The molecule has 1 aromatic carbocycles. The Kier molecular flexibility index (Phi) is 7.13. The fourth-order valence-corrected chi connectivity index (χ4v) is 4.31. The number of pyridine rings is 1. The predicted molar refractivity (Wildman–Crippen MR) is 128 cm³/mol. The molecular weight excluding hydrogens is 518 g/mol. The molecule has 0 bridgehead atoms. The topological polar surface area (TPSA) is 91.6 Å². The van der Waals surface area contributed by atoms with E-state index in [1.807, 2.05) is 0 Å². The van der Waals surface area contributed by atoms with Crippen LogP contribution in [0.5, 0.6) is 0 Å². The molecule has 0 unspecified atom stereocenters. The van der Waals surface area contributed by atoms with E-state index in [9.17, 15) is 27.2 Å². The number of carbonyl (C=O) groups excluding carboxylic acids is 2. The molecule has 3 heterocycles. The molecule has 8 nitrogen and oxygen atoms in total. The molecule has 2 amide bonds. The van der Waals surface area contributed by atoms with Crippen LogP contribution in [0.25, 0.3) is 0 Å². The maximum absolute atomic E-state index is 13.6. The SMILES string of the molecule is Cc1cc(C(F)(F)F)cc(N2C[C@@H](C(=O)Nc3nc(C)co3)C[C@H]2C(=O)N(C)c2ccc(F)c(Cl)c2)n1. The van der Waals surface area contributed by atoms with Gasteiger partial charge >= 0.3 is 12.2 Å². The van der Waals surface area contributed by atoms with Crippen LogP contribution >= 0.6 is 11.6 Å². The van der Waals surface area contributed by atoms with Crippen molar-refractivity contribution in [3.63, 3.8) is 0 Å². The first-order valence-corrected chi connectivity index (χ1v) is 11.5. The summed E-state index contributed by atoms with van der Waals surface area (Å²) in [5.74, 6) is -2.63. The number of alkyl halides is 3. The number of carbonyl (C=O) groups is 2. The van der Waals surface area contributed by atoms with Gasteiger partial charge in [0.25, 0.3) is 0 Å². The van der Waals surface area contributed by atoms with Crippen LogP contribution in [-0.4, -0.2) is 41.4 Å². The van der Waals surface area contributed by atoms with Gasteiger partial charge < -0.3 is 14.2 Å². The zero-order chi connectivity index (χ0) is 27.1. The van der Waals surface area contributed by atoms with Gasteiger partial charge in [-0.1, -0.05) is 11.6 Å². The molecule has 3 aromatic rings. The molecule has 37 heavy (non-hydrogen) atoms. The van der Waals surface area contributed by atoms with E-state index in [0.29, 0.717) is 5.69 Å². The third kappa shape index (κ3) is 5.68. The quantitative estimate of drug-likeness (QED) is 0.459. The van der Waals surface area contributed by atoms with Gasteiger partial charge in [-0.3, -0.25) is 14.9 Å². The lowest BCUT2D eigenvalue weighted by molar-refractivity contribution is -0.137. The van der Waals surface area contributed by atoms with E-state index < -0.39 is 41.3 Å². The van der Waals surface area contributed by atoms with Crippen molar-refractivity contribution in [3.05, 3.63) is 64.4 Å². The first-order valence-electron chi connectivity index (χ1n) is 11.1. The van der Waals surface area contributed by atoms with Crippen molar-refractivity contribution in [1.29, 1.82) is 0 Å². The first-order chi connectivity index (χ1) is 17.3. The largest absolute Gasteiger partial charge is 0.432 e. The minimum absolute atomic E-state index is 0.0272. The summed E-state index contributed by atoms with van der Waals surface area (Å²) >= 11 is 5.86. The number of likely N-dealkylation sites (N-methyl/N-ethyl adjacent to an activating group) is 1. The maximum atomic E-state index is 13.6. The summed E-state index contributed by atoms with van der Waals surface area (Å²) in [5.41, 5.74) is -0.0202. The van der Waals surface area contributed by atoms with E-state index in [0.717, 1.165) is 18.2 Å². The van der Waals surface area contributed by atoms with Crippen LogP contribution in [-0.2, 0) is 15.8 Å². The number of aromatic nitrogens is 2. The van der Waals surface area contributed by atoms with Crippen molar-refractivity contribution in [3.8, 4) is 0 Å². The summed E-state index contributed by atoms with van der Waals surface area (Å²) in [6, 6.07) is 4.37. The average Bonchev–Trinajstić information content (AvgIpc) is 3.45. The number of nitrogens with one attached hydrogen (secondary N) is 1. The van der Waals surface area contributed by atoms with Crippen molar-refractivity contribution in [2.45, 2.75) is 32.5 Å². The first kappa shape index (κ1) is 26.4. The molecule has 2 atom stereocenters. The summed E-state index contributed by atoms with van der Waals surface area (Å²) in [5, 5.41) is 2.33. The van der Waals surface area contributed by atoms with Gasteiger partial charge in [0.2, 0.25) is 11.8 Å². The number of oxazole rings is 1. The predicted octanol–water partition coefficient (Wildman–Crippen LogP) is 4.99. The molecule has 1 N–H and O–H groups in total. The van der Waals surface area contributed by atoms with Crippen LogP contribution in [0.3, 0.4) is 0 Å². The zero-order valence-electron chi connectivity index (χ0n) is 19.9. The minimum atomic E-state index is -4.64. The van der Waals surface area contributed by atoms with E-state index >= 15 is 0 Å². The van der Waals surface area contributed by atoms with Crippen LogP contribution in [0.2, 0.25) is 5.02 Å². The number of hydrogen-bond acceptors (Lipinski definition) is 6. The molecule has 1 aliphatic rings. The Labute approximate surface area is 214 Å². The van der Waals surface area contributed by atoms with Crippen LogP contribution in [0.4, 0.5) is 35.1 Å². The summed E-state index contributed by atoms with van der Waals surface area (Å²) in [6.07, 6.45) is -3.31. The highest BCUT2D eigenvalue weighted by Gasteiger charge is 2.43. The van der Waals surface area contributed by atoms with Crippen molar-refractivity contribution in [1.82, 2.24) is 9.97 Å². The number of anilines is 3. The Morgan fingerprint density at radius 1 is 1.16 bits per heavy atom. The summed E-state index contributed by atoms with van der Waals surface area (Å²) in [6.45, 7) is 2.99. The summed E-state index contributed by atoms with van der Waals surface area (Å²) < 4.78 is 59.3. The fraction of sp³-hybridized carbons (Fsp3) is 0.333. The third-order valence-corrected chi connectivity index (χ3v) is 6.28. The lowest BCUT2D eigenvalue weighted by atomic mass is 10.0. The monoisotopic (exact) mass is 539 g/mol. The average molecular weight is 540 g/mol. The second-order valence-electron chi connectivity index (χ2n) is 8.73. The highest BCUT2D eigenvalue weighted by atomic mass is 35.5. The van der Waals surface area contributed by atoms with Crippen LogP contribution in [0.1, 0.15) is 23.4 Å². The zero-order valence-corrected chi connectivity index (χ0v) is 20.7. The van der Waals surface area contributed by atoms with Crippen LogP contribution in [0.15, 0.2) is 41.0 Å². The van der Waals surface area contributed by atoms with Gasteiger partial charge in [-0.2, -0.15) is 18.2 Å². The number of nitrogens with zero attached hydrogens (tertiary/aromatic N) is 4. The highest BCUT2D eigenvalue weighted by Crippen LogP contribution is 2.36. The Bertz CT molecular complexity index is 1350. The van der Waals surface area contributed by atoms with Crippen molar-refractivity contribution >= 4 is 40.9 Å². The molecule has 0 spiro atoms. The van der Waals surface area contributed by atoms with Gasteiger partial charge in [-0.15, -0.1) is 0 Å². The number of aryl methyl sites for hydroxylation is 2. The second-order valence-corrected chi connectivity index (χ2v) is 9.14. The normalized spacial score (nSPS) is 17.7. The van der Waals surface area contributed by atoms with Crippen molar-refractivity contribution < 1.29 is 31.6 Å². The number of hydrogen-bond donors (Lipinski definition) is 1. The lowest BCUT2D eigenvalue weighted by Crippen LogP contribution is -2.44. The molecule has 2 aromatic heterocycles. The molecule has 0 saturated carbocycles.